The van der Waals surface area contributed by atoms with Crippen LogP contribution in [0.1, 0.15) is 48.6 Å². The van der Waals surface area contributed by atoms with Crippen molar-refractivity contribution in [2.75, 3.05) is 4.90 Å². The third kappa shape index (κ3) is 4.49. The minimum absolute atomic E-state index is 0.135. The van der Waals surface area contributed by atoms with Crippen molar-refractivity contribution in [3.05, 3.63) is 210 Å². The van der Waals surface area contributed by atoms with E-state index in [1.165, 1.54) is 61.2 Å². The first-order chi connectivity index (χ1) is 26.9. The summed E-state index contributed by atoms with van der Waals surface area (Å²) in [6.45, 7) is 7.09. The molecule has 2 aliphatic rings. The number of rotatable bonds is 5. The van der Waals surface area contributed by atoms with E-state index < -0.39 is 5.41 Å². The summed E-state index contributed by atoms with van der Waals surface area (Å²) >= 11 is 0. The van der Waals surface area contributed by atoms with Crippen molar-refractivity contribution in [3.63, 3.8) is 0 Å². The molecule has 0 saturated carbocycles. The largest absolute Gasteiger partial charge is 0.456 e. The number of para-hydroxylation sites is 1. The van der Waals surface area contributed by atoms with E-state index in [0.29, 0.717) is 0 Å². The lowest BCUT2D eigenvalue weighted by molar-refractivity contribution is 0.638. The molecule has 0 atom stereocenters. The first kappa shape index (κ1) is 31.8. The van der Waals surface area contributed by atoms with E-state index in [2.05, 4.69) is 208 Å². The van der Waals surface area contributed by atoms with Gasteiger partial charge < -0.3 is 9.32 Å². The molecule has 0 aliphatic heterocycles. The second kappa shape index (κ2) is 11.7. The van der Waals surface area contributed by atoms with Gasteiger partial charge in [-0.05, 0) is 99.0 Å². The molecule has 1 aromatic heterocycles. The van der Waals surface area contributed by atoms with Gasteiger partial charge >= 0.3 is 0 Å². The molecule has 0 radical (unpaired) electrons. The number of hydrogen-bond acceptors (Lipinski definition) is 2. The fraction of sp³-hybridized carbons (Fsp3) is 0.0943. The van der Waals surface area contributed by atoms with Crippen LogP contribution in [-0.2, 0) is 10.8 Å². The third-order valence-corrected chi connectivity index (χ3v) is 12.6. The zero-order chi connectivity index (χ0) is 36.9. The van der Waals surface area contributed by atoms with Gasteiger partial charge in [-0.25, -0.2) is 0 Å². The monoisotopic (exact) mass is 705 g/mol. The Bertz CT molecular complexity index is 2920. The summed E-state index contributed by atoms with van der Waals surface area (Å²) in [6, 6.07) is 66.5. The van der Waals surface area contributed by atoms with Crippen molar-refractivity contribution in [1.82, 2.24) is 0 Å². The molecule has 9 aromatic rings. The molecule has 8 aromatic carbocycles. The summed E-state index contributed by atoms with van der Waals surface area (Å²) in [4.78, 5) is 2.45. The van der Waals surface area contributed by atoms with Crippen molar-refractivity contribution in [3.8, 4) is 33.4 Å². The second-order valence-electron chi connectivity index (χ2n) is 15.8. The number of hydrogen-bond donors (Lipinski definition) is 0. The Labute approximate surface area is 322 Å². The van der Waals surface area contributed by atoms with Crippen molar-refractivity contribution < 1.29 is 4.42 Å². The molecule has 0 saturated heterocycles. The standard InChI is InChI=1S/C53H39NO/c1-52(2)43-21-11-7-17-38(43)41-30-29-37(33-47(41)52)54(36-27-25-35(26-28-36)34-15-5-4-6-16-34)48-32-31-46(51-50(48)42-20-10-14-24-49(42)55-51)53(3)44-22-12-8-18-39(44)40-19-9-13-23-45(40)53/h4-33H,1-3H3. The van der Waals surface area contributed by atoms with Crippen LogP contribution in [0.15, 0.2) is 186 Å². The van der Waals surface area contributed by atoms with Crippen LogP contribution in [-0.4, -0.2) is 0 Å². The van der Waals surface area contributed by atoms with Crippen molar-refractivity contribution in [1.29, 1.82) is 0 Å². The quantitative estimate of drug-likeness (QED) is 0.177. The van der Waals surface area contributed by atoms with Gasteiger partial charge in [-0.2, -0.15) is 0 Å². The van der Waals surface area contributed by atoms with Crippen LogP contribution in [0.25, 0.3) is 55.3 Å². The maximum atomic E-state index is 7.05. The second-order valence-corrected chi connectivity index (χ2v) is 15.8. The third-order valence-electron chi connectivity index (χ3n) is 12.6. The highest BCUT2D eigenvalue weighted by Crippen LogP contribution is 2.56. The number of fused-ring (bicyclic) bond motifs is 9. The van der Waals surface area contributed by atoms with Gasteiger partial charge in [-0.15, -0.1) is 0 Å². The predicted octanol–water partition coefficient (Wildman–Crippen LogP) is 14.4. The van der Waals surface area contributed by atoms with Gasteiger partial charge in [0, 0.05) is 33.2 Å². The van der Waals surface area contributed by atoms with Crippen LogP contribution >= 0.6 is 0 Å². The van der Waals surface area contributed by atoms with E-state index >= 15 is 0 Å². The smallest absolute Gasteiger partial charge is 0.141 e. The van der Waals surface area contributed by atoms with E-state index in [1.54, 1.807) is 0 Å². The summed E-state index contributed by atoms with van der Waals surface area (Å²) < 4.78 is 7.05. The Hall–Kier alpha value is -6.64. The Morgan fingerprint density at radius 1 is 0.418 bits per heavy atom. The molecule has 11 rings (SSSR count). The van der Waals surface area contributed by atoms with Crippen molar-refractivity contribution in [2.24, 2.45) is 0 Å². The Kier molecular flexibility index (Phi) is 6.76. The SMILES string of the molecule is CC1(C)c2ccccc2-c2ccc(N(c3ccc(-c4ccccc4)cc3)c3ccc(C4(C)c5ccccc5-c5ccccc54)c4oc5ccccc5c34)cc21. The molecule has 0 amide bonds. The van der Waals surface area contributed by atoms with Crippen molar-refractivity contribution in [2.45, 2.75) is 31.6 Å². The number of anilines is 3. The Morgan fingerprint density at radius 3 is 1.67 bits per heavy atom. The van der Waals surface area contributed by atoms with Crippen LogP contribution < -0.4 is 4.90 Å². The average molecular weight is 706 g/mol. The van der Waals surface area contributed by atoms with Crippen LogP contribution in [0.2, 0.25) is 0 Å². The van der Waals surface area contributed by atoms with Gasteiger partial charge in [0.1, 0.15) is 11.2 Å². The number of furan rings is 1. The minimum Gasteiger partial charge on any atom is -0.456 e. The van der Waals surface area contributed by atoms with Crippen LogP contribution in [0.5, 0.6) is 0 Å². The molecule has 1 heterocycles. The van der Waals surface area contributed by atoms with Gasteiger partial charge in [-0.1, -0.05) is 159 Å². The molecule has 55 heavy (non-hydrogen) atoms. The Balaban J connectivity index is 1.18. The highest BCUT2D eigenvalue weighted by molar-refractivity contribution is 6.15. The molecule has 2 heteroatoms. The fourth-order valence-corrected chi connectivity index (χ4v) is 9.83. The molecule has 2 nitrogen and oxygen atoms in total. The van der Waals surface area contributed by atoms with E-state index in [0.717, 1.165) is 39.0 Å². The summed E-state index contributed by atoms with van der Waals surface area (Å²) in [5.41, 5.74) is 18.7. The first-order valence-corrected chi connectivity index (χ1v) is 19.3. The molecular weight excluding hydrogens is 667 g/mol. The molecule has 0 fully saturated rings. The van der Waals surface area contributed by atoms with Gasteiger partial charge in [0.25, 0.3) is 0 Å². The lowest BCUT2D eigenvalue weighted by Crippen LogP contribution is -2.23. The Morgan fingerprint density at radius 2 is 0.964 bits per heavy atom. The topological polar surface area (TPSA) is 16.4 Å². The van der Waals surface area contributed by atoms with Gasteiger partial charge in [-0.3, -0.25) is 0 Å². The highest BCUT2D eigenvalue weighted by Gasteiger charge is 2.43. The predicted molar refractivity (Wildman–Crippen MR) is 229 cm³/mol. The molecule has 0 N–H and O–H groups in total. The number of benzene rings is 8. The fourth-order valence-electron chi connectivity index (χ4n) is 9.83. The zero-order valence-corrected chi connectivity index (χ0v) is 31.2. The first-order valence-electron chi connectivity index (χ1n) is 19.3. The molecular formula is C53H39NO. The van der Waals surface area contributed by atoms with Gasteiger partial charge in [0.05, 0.1) is 11.1 Å². The van der Waals surface area contributed by atoms with Gasteiger partial charge in [0.15, 0.2) is 0 Å². The van der Waals surface area contributed by atoms with E-state index in [4.69, 9.17) is 4.42 Å². The molecule has 2 aliphatic carbocycles. The van der Waals surface area contributed by atoms with E-state index in [1.807, 2.05) is 0 Å². The zero-order valence-electron chi connectivity index (χ0n) is 31.2. The minimum atomic E-state index is -0.413. The normalized spacial score (nSPS) is 14.4. The summed E-state index contributed by atoms with van der Waals surface area (Å²) in [5, 5.41) is 2.23. The van der Waals surface area contributed by atoms with E-state index in [9.17, 15) is 0 Å². The van der Waals surface area contributed by atoms with Crippen LogP contribution in [0.4, 0.5) is 17.1 Å². The van der Waals surface area contributed by atoms with Crippen LogP contribution in [0.3, 0.4) is 0 Å². The molecule has 0 unspecified atom stereocenters. The summed E-state index contributed by atoms with van der Waals surface area (Å²) in [6.07, 6.45) is 0. The maximum absolute atomic E-state index is 7.05. The van der Waals surface area contributed by atoms with Crippen molar-refractivity contribution >= 4 is 39.0 Å². The average Bonchev–Trinajstić information content (AvgIpc) is 3.83. The molecule has 0 bridgehead atoms. The molecule has 0 spiro atoms. The summed E-state index contributed by atoms with van der Waals surface area (Å²) in [7, 11) is 0. The van der Waals surface area contributed by atoms with E-state index in [-0.39, 0.29) is 5.41 Å². The highest BCUT2D eigenvalue weighted by atomic mass is 16.3. The molecule has 262 valence electrons. The lowest BCUT2D eigenvalue weighted by Gasteiger charge is -2.31. The number of nitrogens with zero attached hydrogens (tertiary/aromatic N) is 1. The van der Waals surface area contributed by atoms with Crippen LogP contribution in [0, 0.1) is 0 Å². The summed E-state index contributed by atoms with van der Waals surface area (Å²) in [5.74, 6) is 0. The van der Waals surface area contributed by atoms with Gasteiger partial charge in [0.2, 0.25) is 0 Å². The maximum Gasteiger partial charge on any atom is 0.141 e. The lowest BCUT2D eigenvalue weighted by atomic mass is 9.73.